The molecule has 1 N–H and O–H groups in total. The molecule has 2 unspecified atom stereocenters. The van der Waals surface area contributed by atoms with Crippen molar-refractivity contribution < 1.29 is 14.7 Å². The zero-order valence-electron chi connectivity index (χ0n) is 7.98. The van der Waals surface area contributed by atoms with Crippen LogP contribution in [-0.2, 0) is 9.59 Å². The van der Waals surface area contributed by atoms with Gasteiger partial charge in [-0.1, -0.05) is 0 Å². The van der Waals surface area contributed by atoms with Crippen LogP contribution in [-0.4, -0.2) is 59.5 Å². The summed E-state index contributed by atoms with van der Waals surface area (Å²) in [4.78, 5) is 25.7. The van der Waals surface area contributed by atoms with Gasteiger partial charge in [0.25, 0.3) is 0 Å². The molecule has 0 aromatic heterocycles. The fourth-order valence-electron chi connectivity index (χ4n) is 2.23. The lowest BCUT2D eigenvalue weighted by atomic mass is 10.1. The summed E-state index contributed by atoms with van der Waals surface area (Å²) in [6, 6.07) is 0. The molecule has 2 bridgehead atoms. The first-order chi connectivity index (χ1) is 6.65. The molecule has 1 amide bonds. The SMILES string of the molecule is O=C(O)CN1CC2CCN(CC1=O)C2. The van der Waals surface area contributed by atoms with Gasteiger partial charge in [-0.25, -0.2) is 0 Å². The van der Waals surface area contributed by atoms with Crippen LogP contribution in [0.25, 0.3) is 0 Å². The highest BCUT2D eigenvalue weighted by Gasteiger charge is 2.32. The molecule has 2 heterocycles. The molecule has 0 radical (unpaired) electrons. The Hall–Kier alpha value is -1.10. The van der Waals surface area contributed by atoms with Crippen molar-refractivity contribution in [2.45, 2.75) is 6.42 Å². The van der Waals surface area contributed by atoms with Gasteiger partial charge in [0.1, 0.15) is 6.54 Å². The van der Waals surface area contributed by atoms with E-state index >= 15 is 0 Å². The number of carbonyl (C=O) groups is 2. The summed E-state index contributed by atoms with van der Waals surface area (Å²) in [6.45, 7) is 2.79. The lowest BCUT2D eigenvalue weighted by molar-refractivity contribution is -0.144. The molecule has 0 aromatic rings. The minimum absolute atomic E-state index is 0.0467. The molecule has 2 saturated heterocycles. The Morgan fingerprint density at radius 1 is 1.50 bits per heavy atom. The number of rotatable bonds is 2. The van der Waals surface area contributed by atoms with Crippen LogP contribution < -0.4 is 0 Å². The summed E-state index contributed by atoms with van der Waals surface area (Å²) in [5.74, 6) is -0.499. The Morgan fingerprint density at radius 2 is 2.29 bits per heavy atom. The minimum atomic E-state index is -0.925. The number of nitrogens with zero attached hydrogens (tertiary/aromatic N) is 2. The number of carboxylic acids is 1. The monoisotopic (exact) mass is 198 g/mol. The average molecular weight is 198 g/mol. The Bertz CT molecular complexity index is 267. The predicted octanol–water partition coefficient (Wildman–Crippen LogP) is -0.765. The molecule has 0 saturated carbocycles. The van der Waals surface area contributed by atoms with Crippen molar-refractivity contribution in [3.63, 3.8) is 0 Å². The summed E-state index contributed by atoms with van der Waals surface area (Å²) in [5, 5.41) is 8.64. The number of fused-ring (bicyclic) bond motifs is 2. The van der Waals surface area contributed by atoms with E-state index in [-0.39, 0.29) is 12.5 Å². The highest BCUT2D eigenvalue weighted by molar-refractivity contribution is 5.83. The number of hydrogen-bond donors (Lipinski definition) is 1. The zero-order valence-corrected chi connectivity index (χ0v) is 7.98. The van der Waals surface area contributed by atoms with Gasteiger partial charge in [-0.15, -0.1) is 0 Å². The molecule has 5 heteroatoms. The summed E-state index contributed by atoms with van der Waals surface area (Å²) < 4.78 is 0. The van der Waals surface area contributed by atoms with Gasteiger partial charge in [0.15, 0.2) is 0 Å². The third kappa shape index (κ3) is 1.87. The number of aliphatic carboxylic acids is 1. The largest absolute Gasteiger partial charge is 0.480 e. The lowest BCUT2D eigenvalue weighted by Crippen LogP contribution is -2.41. The van der Waals surface area contributed by atoms with Gasteiger partial charge < -0.3 is 10.0 Å². The van der Waals surface area contributed by atoms with Crippen molar-refractivity contribution in [3.05, 3.63) is 0 Å². The average Bonchev–Trinajstić information content (AvgIpc) is 2.43. The molecule has 5 nitrogen and oxygen atoms in total. The number of amides is 1. The van der Waals surface area contributed by atoms with Crippen LogP contribution >= 0.6 is 0 Å². The Kier molecular flexibility index (Phi) is 2.41. The molecular formula is C9H14N2O3. The van der Waals surface area contributed by atoms with E-state index < -0.39 is 5.97 Å². The molecule has 2 rings (SSSR count). The van der Waals surface area contributed by atoms with Gasteiger partial charge in [-0.2, -0.15) is 0 Å². The summed E-state index contributed by atoms with van der Waals surface area (Å²) in [6.07, 6.45) is 1.09. The Balaban J connectivity index is 2.03. The van der Waals surface area contributed by atoms with Crippen molar-refractivity contribution in [1.29, 1.82) is 0 Å². The van der Waals surface area contributed by atoms with Crippen LogP contribution in [0.5, 0.6) is 0 Å². The quantitative estimate of drug-likeness (QED) is 0.633. The van der Waals surface area contributed by atoms with Gasteiger partial charge in [-0.3, -0.25) is 14.5 Å². The van der Waals surface area contributed by atoms with Crippen LogP contribution in [0, 0.1) is 5.92 Å². The van der Waals surface area contributed by atoms with Crippen molar-refractivity contribution in [1.82, 2.24) is 9.80 Å². The van der Waals surface area contributed by atoms with Crippen molar-refractivity contribution in [2.24, 2.45) is 5.92 Å². The molecule has 2 atom stereocenters. The van der Waals surface area contributed by atoms with Crippen LogP contribution in [0.2, 0.25) is 0 Å². The second kappa shape index (κ2) is 3.57. The Labute approximate surface area is 82.3 Å². The number of hydrogen-bond acceptors (Lipinski definition) is 3. The second-order valence-corrected chi connectivity index (χ2v) is 4.06. The number of carboxylic acid groups (broad SMARTS) is 1. The highest BCUT2D eigenvalue weighted by atomic mass is 16.4. The smallest absolute Gasteiger partial charge is 0.323 e. The first kappa shape index (κ1) is 9.45. The van der Waals surface area contributed by atoms with Crippen LogP contribution in [0.1, 0.15) is 6.42 Å². The van der Waals surface area contributed by atoms with E-state index in [1.54, 1.807) is 0 Å². The van der Waals surface area contributed by atoms with Gasteiger partial charge in [0.05, 0.1) is 6.54 Å². The topological polar surface area (TPSA) is 60.9 Å². The maximum Gasteiger partial charge on any atom is 0.323 e. The molecule has 2 aliphatic rings. The third-order valence-electron chi connectivity index (χ3n) is 2.89. The molecule has 2 fully saturated rings. The minimum Gasteiger partial charge on any atom is -0.480 e. The van der Waals surface area contributed by atoms with Gasteiger partial charge in [0, 0.05) is 13.1 Å². The van der Waals surface area contributed by atoms with Crippen LogP contribution in [0.4, 0.5) is 0 Å². The van der Waals surface area contributed by atoms with E-state index in [2.05, 4.69) is 4.90 Å². The molecule has 0 aliphatic carbocycles. The van der Waals surface area contributed by atoms with Crippen LogP contribution in [0.3, 0.4) is 0 Å². The summed E-state index contributed by atoms with van der Waals surface area (Å²) in [5.41, 5.74) is 0. The second-order valence-electron chi connectivity index (χ2n) is 4.06. The normalized spacial score (nSPS) is 31.7. The van der Waals surface area contributed by atoms with E-state index in [0.717, 1.165) is 19.5 Å². The highest BCUT2D eigenvalue weighted by Crippen LogP contribution is 2.20. The molecule has 78 valence electrons. The maximum absolute atomic E-state index is 11.6. The van der Waals surface area contributed by atoms with E-state index in [4.69, 9.17) is 5.11 Å². The molecule has 2 aliphatic heterocycles. The summed E-state index contributed by atoms with van der Waals surface area (Å²) >= 11 is 0. The number of carbonyl (C=O) groups excluding carboxylic acids is 1. The maximum atomic E-state index is 11.6. The van der Waals surface area contributed by atoms with E-state index in [9.17, 15) is 9.59 Å². The molecular weight excluding hydrogens is 184 g/mol. The predicted molar refractivity (Wildman–Crippen MR) is 48.8 cm³/mol. The van der Waals surface area contributed by atoms with Crippen molar-refractivity contribution in [3.8, 4) is 0 Å². The van der Waals surface area contributed by atoms with Gasteiger partial charge in [0.2, 0.25) is 5.91 Å². The van der Waals surface area contributed by atoms with E-state index in [1.165, 1.54) is 4.90 Å². The van der Waals surface area contributed by atoms with Crippen LogP contribution in [0.15, 0.2) is 0 Å². The standard InChI is InChI=1S/C9H14N2O3/c12-8-5-10-2-1-7(3-10)4-11(8)6-9(13)14/h7H,1-6H2,(H,13,14). The molecule has 14 heavy (non-hydrogen) atoms. The van der Waals surface area contributed by atoms with Crippen molar-refractivity contribution >= 4 is 11.9 Å². The first-order valence-corrected chi connectivity index (χ1v) is 4.87. The van der Waals surface area contributed by atoms with E-state index in [1.807, 2.05) is 0 Å². The van der Waals surface area contributed by atoms with E-state index in [0.29, 0.717) is 19.0 Å². The fraction of sp³-hybridized carbons (Fsp3) is 0.778. The third-order valence-corrected chi connectivity index (χ3v) is 2.89. The van der Waals surface area contributed by atoms with Crippen molar-refractivity contribution in [2.75, 3.05) is 32.7 Å². The lowest BCUT2D eigenvalue weighted by Gasteiger charge is -2.22. The van der Waals surface area contributed by atoms with Gasteiger partial charge in [-0.05, 0) is 18.9 Å². The summed E-state index contributed by atoms with van der Waals surface area (Å²) in [7, 11) is 0. The molecule has 0 aromatic carbocycles. The molecule has 0 spiro atoms. The first-order valence-electron chi connectivity index (χ1n) is 4.87. The van der Waals surface area contributed by atoms with Gasteiger partial charge >= 0.3 is 5.97 Å². The zero-order chi connectivity index (χ0) is 10.1. The fourth-order valence-corrected chi connectivity index (χ4v) is 2.23. The Morgan fingerprint density at radius 3 is 3.00 bits per heavy atom.